The Morgan fingerprint density at radius 2 is 2.05 bits per heavy atom. The number of para-hydroxylation sites is 1. The second-order valence-electron chi connectivity index (χ2n) is 4.66. The summed E-state index contributed by atoms with van der Waals surface area (Å²) in [5.74, 6) is 1.01. The van der Waals surface area contributed by atoms with Gasteiger partial charge in [0.1, 0.15) is 11.3 Å². The van der Waals surface area contributed by atoms with E-state index in [1.165, 1.54) is 5.56 Å². The van der Waals surface area contributed by atoms with Crippen LogP contribution in [0.3, 0.4) is 0 Å². The lowest BCUT2D eigenvalue weighted by Gasteiger charge is -2.15. The van der Waals surface area contributed by atoms with E-state index in [0.29, 0.717) is 0 Å². The molecule has 3 nitrogen and oxygen atoms in total. The van der Waals surface area contributed by atoms with E-state index in [-0.39, 0.29) is 6.04 Å². The maximum atomic E-state index is 5.98. The number of hydrogen-bond acceptors (Lipinski definition) is 3. The van der Waals surface area contributed by atoms with Crippen LogP contribution in [0.2, 0.25) is 0 Å². The average Bonchev–Trinajstić information content (AvgIpc) is 3.05. The second kappa shape index (κ2) is 5.46. The molecule has 0 fully saturated rings. The number of nitrogens with one attached hydrogen (secondary N) is 1. The van der Waals surface area contributed by atoms with E-state index >= 15 is 0 Å². The molecule has 20 heavy (non-hydrogen) atoms. The third-order valence-corrected chi connectivity index (χ3v) is 4.21. The van der Waals surface area contributed by atoms with Crippen LogP contribution in [-0.4, -0.2) is 7.05 Å². The average molecular weight is 334 g/mol. The van der Waals surface area contributed by atoms with E-state index in [2.05, 4.69) is 34.2 Å². The van der Waals surface area contributed by atoms with E-state index in [9.17, 15) is 0 Å². The topological polar surface area (TPSA) is 38.3 Å². The molecule has 0 amide bonds. The quantitative estimate of drug-likeness (QED) is 0.754. The van der Waals surface area contributed by atoms with Crippen molar-refractivity contribution >= 4 is 26.9 Å². The Morgan fingerprint density at radius 3 is 2.70 bits per heavy atom. The fraction of sp³-hybridized carbons (Fsp3) is 0.250. The number of halogens is 1. The first kappa shape index (κ1) is 13.5. The summed E-state index contributed by atoms with van der Waals surface area (Å²) in [5, 5.41) is 4.51. The monoisotopic (exact) mass is 333 g/mol. The normalized spacial score (nSPS) is 12.9. The molecule has 3 aromatic rings. The van der Waals surface area contributed by atoms with Gasteiger partial charge < -0.3 is 14.2 Å². The molecular weight excluding hydrogens is 318 g/mol. The number of hydrogen-bond donors (Lipinski definition) is 1. The first-order chi connectivity index (χ1) is 9.76. The van der Waals surface area contributed by atoms with Crippen molar-refractivity contribution in [2.24, 2.45) is 0 Å². The second-order valence-corrected chi connectivity index (χ2v) is 5.38. The van der Waals surface area contributed by atoms with Crippen molar-refractivity contribution in [2.75, 3.05) is 7.05 Å². The van der Waals surface area contributed by atoms with Crippen molar-refractivity contribution in [2.45, 2.75) is 19.4 Å². The van der Waals surface area contributed by atoms with Crippen molar-refractivity contribution in [3.63, 3.8) is 0 Å². The first-order valence-electron chi connectivity index (χ1n) is 6.66. The highest BCUT2D eigenvalue weighted by Gasteiger charge is 2.24. The minimum atomic E-state index is 0.0433. The number of furan rings is 2. The van der Waals surface area contributed by atoms with Crippen LogP contribution in [0.5, 0.6) is 0 Å². The van der Waals surface area contributed by atoms with Crippen LogP contribution in [0.15, 0.2) is 50.1 Å². The number of aryl methyl sites for hydroxylation is 1. The number of rotatable bonds is 4. The lowest BCUT2D eigenvalue weighted by atomic mass is 9.97. The van der Waals surface area contributed by atoms with Crippen LogP contribution in [0.1, 0.15) is 29.9 Å². The van der Waals surface area contributed by atoms with Gasteiger partial charge in [-0.05, 0) is 35.1 Å². The van der Waals surface area contributed by atoms with Crippen LogP contribution >= 0.6 is 15.9 Å². The van der Waals surface area contributed by atoms with Crippen molar-refractivity contribution in [1.29, 1.82) is 0 Å². The van der Waals surface area contributed by atoms with Gasteiger partial charge >= 0.3 is 0 Å². The third kappa shape index (κ3) is 2.09. The van der Waals surface area contributed by atoms with Gasteiger partial charge in [-0.15, -0.1) is 0 Å². The Bertz CT molecular complexity index is 729. The molecule has 0 radical (unpaired) electrons. The lowest BCUT2D eigenvalue weighted by Crippen LogP contribution is -2.18. The molecule has 0 spiro atoms. The summed E-state index contributed by atoms with van der Waals surface area (Å²) in [4.78, 5) is 0. The third-order valence-electron chi connectivity index (χ3n) is 3.57. The summed E-state index contributed by atoms with van der Waals surface area (Å²) in [6.07, 6.45) is 2.55. The van der Waals surface area contributed by atoms with Gasteiger partial charge in [-0.25, -0.2) is 0 Å². The van der Waals surface area contributed by atoms with Crippen LogP contribution < -0.4 is 5.32 Å². The van der Waals surface area contributed by atoms with Gasteiger partial charge in [0.05, 0.1) is 12.3 Å². The van der Waals surface area contributed by atoms with E-state index in [4.69, 9.17) is 8.83 Å². The molecule has 2 aromatic heterocycles. The predicted octanol–water partition coefficient (Wildman–Crippen LogP) is 4.66. The van der Waals surface area contributed by atoms with Gasteiger partial charge in [0, 0.05) is 22.9 Å². The Balaban J connectivity index is 2.23. The summed E-state index contributed by atoms with van der Waals surface area (Å²) in [6.45, 7) is 2.11. The van der Waals surface area contributed by atoms with Crippen molar-refractivity contribution < 1.29 is 8.83 Å². The van der Waals surface area contributed by atoms with Gasteiger partial charge in [0.2, 0.25) is 0 Å². The van der Waals surface area contributed by atoms with Gasteiger partial charge in [-0.2, -0.15) is 0 Å². The molecule has 1 atom stereocenters. The summed E-state index contributed by atoms with van der Waals surface area (Å²) < 4.78 is 12.1. The molecule has 2 heterocycles. The predicted molar refractivity (Wildman–Crippen MR) is 82.9 cm³/mol. The van der Waals surface area contributed by atoms with Gasteiger partial charge in [0.25, 0.3) is 0 Å². The maximum Gasteiger partial charge on any atom is 0.174 e. The van der Waals surface area contributed by atoms with Crippen molar-refractivity contribution in [1.82, 2.24) is 5.32 Å². The molecule has 1 aromatic carbocycles. The molecule has 4 heteroatoms. The Morgan fingerprint density at radius 1 is 1.25 bits per heavy atom. The van der Waals surface area contributed by atoms with Crippen LogP contribution in [0, 0.1) is 0 Å². The molecule has 0 bridgehead atoms. The molecule has 0 aliphatic rings. The molecular formula is C16H16BrNO2. The summed E-state index contributed by atoms with van der Waals surface area (Å²) in [6, 6.07) is 10.2. The molecule has 3 rings (SSSR count). The Kier molecular flexibility index (Phi) is 3.68. The molecule has 1 unspecified atom stereocenters. The Labute approximate surface area is 126 Å². The zero-order chi connectivity index (χ0) is 14.1. The molecule has 0 aliphatic carbocycles. The summed E-state index contributed by atoms with van der Waals surface area (Å²) in [7, 11) is 1.95. The minimum Gasteiger partial charge on any atom is -0.461 e. The van der Waals surface area contributed by atoms with Crippen molar-refractivity contribution in [3.8, 4) is 0 Å². The molecule has 0 aliphatic heterocycles. The van der Waals surface area contributed by atoms with E-state index in [1.807, 2.05) is 31.3 Å². The standard InChI is InChI=1S/C16H16BrNO2/c1-3-12-14(10-6-4-5-7-13(10)20-12)15(18-2)11-8-9-19-16(11)17/h4-9,15,18H,3H2,1-2H3. The van der Waals surface area contributed by atoms with Crippen LogP contribution in [0.4, 0.5) is 0 Å². The van der Waals surface area contributed by atoms with Gasteiger partial charge in [-0.1, -0.05) is 25.1 Å². The maximum absolute atomic E-state index is 5.98. The molecule has 0 saturated heterocycles. The zero-order valence-electron chi connectivity index (χ0n) is 11.4. The van der Waals surface area contributed by atoms with Crippen molar-refractivity contribution in [3.05, 3.63) is 58.2 Å². The highest BCUT2D eigenvalue weighted by Crippen LogP contribution is 2.37. The highest BCUT2D eigenvalue weighted by molar-refractivity contribution is 9.10. The number of benzene rings is 1. The van der Waals surface area contributed by atoms with Gasteiger partial charge in [-0.3, -0.25) is 0 Å². The minimum absolute atomic E-state index is 0.0433. The van der Waals surface area contributed by atoms with E-state index < -0.39 is 0 Å². The molecule has 0 saturated carbocycles. The Hall–Kier alpha value is -1.52. The fourth-order valence-corrected chi connectivity index (χ4v) is 3.13. The number of fused-ring (bicyclic) bond motifs is 1. The lowest BCUT2D eigenvalue weighted by molar-refractivity contribution is 0.522. The molecule has 104 valence electrons. The SMILES string of the molecule is CCc1oc2ccccc2c1C(NC)c1ccoc1Br. The summed E-state index contributed by atoms with van der Waals surface area (Å²) in [5.41, 5.74) is 3.20. The summed E-state index contributed by atoms with van der Waals surface area (Å²) >= 11 is 3.47. The van der Waals surface area contributed by atoms with E-state index in [0.717, 1.165) is 33.4 Å². The first-order valence-corrected chi connectivity index (χ1v) is 7.46. The zero-order valence-corrected chi connectivity index (χ0v) is 13.0. The van der Waals surface area contributed by atoms with Crippen LogP contribution in [0.25, 0.3) is 11.0 Å². The highest BCUT2D eigenvalue weighted by atomic mass is 79.9. The van der Waals surface area contributed by atoms with E-state index in [1.54, 1.807) is 6.26 Å². The molecule has 1 N–H and O–H groups in total. The smallest absolute Gasteiger partial charge is 0.174 e. The largest absolute Gasteiger partial charge is 0.461 e. The fourth-order valence-electron chi connectivity index (χ4n) is 2.66. The van der Waals surface area contributed by atoms with Gasteiger partial charge in [0.15, 0.2) is 4.67 Å². The van der Waals surface area contributed by atoms with Crippen LogP contribution in [-0.2, 0) is 6.42 Å².